The number of carbonyl (C=O) groups is 2. The minimum atomic E-state index is -0.706. The number of benzene rings is 1. The van der Waals surface area contributed by atoms with E-state index in [0.717, 1.165) is 0 Å². The highest BCUT2D eigenvalue weighted by Gasteiger charge is 2.14. The Labute approximate surface area is 150 Å². The van der Waals surface area contributed by atoms with E-state index < -0.39 is 11.9 Å². The summed E-state index contributed by atoms with van der Waals surface area (Å²) >= 11 is 0. The van der Waals surface area contributed by atoms with Crippen LogP contribution >= 0.6 is 0 Å². The zero-order chi connectivity index (χ0) is 18.9. The Balaban J connectivity index is 2.26. The Morgan fingerprint density at radius 1 is 1.19 bits per heavy atom. The number of ether oxygens (including phenoxy) is 3. The summed E-state index contributed by atoms with van der Waals surface area (Å²) in [5.41, 5.74) is 0.727. The molecule has 1 aromatic carbocycles. The molecule has 0 aliphatic heterocycles. The maximum absolute atomic E-state index is 12.1. The van der Waals surface area contributed by atoms with E-state index in [9.17, 15) is 9.59 Å². The van der Waals surface area contributed by atoms with E-state index in [-0.39, 0.29) is 23.7 Å². The molecule has 0 amide bonds. The van der Waals surface area contributed by atoms with E-state index in [0.29, 0.717) is 11.1 Å². The average molecular weight is 352 g/mol. The third-order valence-electron chi connectivity index (χ3n) is 3.23. The fraction of sp³-hybridized carbons (Fsp3) is 0.158. The minimum absolute atomic E-state index is 0.143. The Bertz CT molecular complexity index is 869. The largest absolute Gasteiger partial charge is 0.493 e. The van der Waals surface area contributed by atoms with E-state index in [1.54, 1.807) is 25.1 Å². The monoisotopic (exact) mass is 352 g/mol. The van der Waals surface area contributed by atoms with E-state index in [1.807, 2.05) is 0 Å². The fourth-order valence-electron chi connectivity index (χ4n) is 2.02. The Hall–Kier alpha value is -3.66. The van der Waals surface area contributed by atoms with Crippen molar-refractivity contribution in [3.63, 3.8) is 0 Å². The van der Waals surface area contributed by atoms with Crippen LogP contribution in [0.2, 0.25) is 0 Å². The molecule has 0 bridgehead atoms. The first kappa shape index (κ1) is 18.7. The number of nitrogens with zero attached hydrogens (tertiary/aromatic N) is 2. The minimum Gasteiger partial charge on any atom is -0.493 e. The lowest BCUT2D eigenvalue weighted by molar-refractivity contribution is -0.137. The summed E-state index contributed by atoms with van der Waals surface area (Å²) in [6.07, 6.45) is 4.34. The Morgan fingerprint density at radius 3 is 2.54 bits per heavy atom. The standard InChI is InChI=1S/C19H16N2O5/c1-3-25-18(22)15(12-20)10-13-4-5-16(17(11-13)24-2)26-19(23)14-6-8-21-9-7-14/h4-11H,3H2,1-2H3/b15-10+. The molecule has 0 spiro atoms. The van der Waals surface area contributed by atoms with E-state index in [4.69, 9.17) is 19.5 Å². The topological polar surface area (TPSA) is 98.5 Å². The molecule has 1 heterocycles. The molecule has 2 rings (SSSR count). The molecule has 0 atom stereocenters. The Kier molecular flexibility index (Phi) is 6.46. The molecule has 26 heavy (non-hydrogen) atoms. The SMILES string of the molecule is CCOC(=O)/C(C#N)=C/c1ccc(OC(=O)c2ccncc2)c(OC)c1. The second-order valence-electron chi connectivity index (χ2n) is 4.93. The van der Waals surface area contributed by atoms with Gasteiger partial charge in [-0.15, -0.1) is 0 Å². The van der Waals surface area contributed by atoms with Crippen LogP contribution in [0.4, 0.5) is 0 Å². The van der Waals surface area contributed by atoms with Crippen LogP contribution in [0.15, 0.2) is 48.3 Å². The Morgan fingerprint density at radius 2 is 1.92 bits per heavy atom. The van der Waals surface area contributed by atoms with Crippen molar-refractivity contribution in [3.8, 4) is 17.6 Å². The quantitative estimate of drug-likeness (QED) is 0.341. The van der Waals surface area contributed by atoms with Gasteiger partial charge in [0, 0.05) is 12.4 Å². The smallest absolute Gasteiger partial charge is 0.348 e. The predicted molar refractivity (Wildman–Crippen MR) is 92.4 cm³/mol. The van der Waals surface area contributed by atoms with Crippen molar-refractivity contribution in [1.29, 1.82) is 5.26 Å². The van der Waals surface area contributed by atoms with Crippen LogP contribution in [-0.2, 0) is 9.53 Å². The molecule has 132 valence electrons. The molecule has 0 saturated heterocycles. The fourth-order valence-corrected chi connectivity index (χ4v) is 2.02. The maximum Gasteiger partial charge on any atom is 0.348 e. The van der Waals surface area contributed by atoms with Crippen molar-refractivity contribution in [2.45, 2.75) is 6.92 Å². The third kappa shape index (κ3) is 4.68. The summed E-state index contributed by atoms with van der Waals surface area (Å²) in [5, 5.41) is 9.09. The lowest BCUT2D eigenvalue weighted by Gasteiger charge is -2.10. The maximum atomic E-state index is 12.1. The number of nitriles is 1. The molecule has 1 aromatic heterocycles. The molecule has 7 nitrogen and oxygen atoms in total. The van der Waals surface area contributed by atoms with Gasteiger partial charge in [0.15, 0.2) is 11.5 Å². The van der Waals surface area contributed by atoms with Crippen LogP contribution < -0.4 is 9.47 Å². The van der Waals surface area contributed by atoms with E-state index >= 15 is 0 Å². The van der Waals surface area contributed by atoms with Crippen LogP contribution in [0, 0.1) is 11.3 Å². The molecule has 0 radical (unpaired) electrons. The van der Waals surface area contributed by atoms with Crippen molar-refractivity contribution in [2.24, 2.45) is 0 Å². The van der Waals surface area contributed by atoms with Gasteiger partial charge in [0.05, 0.1) is 19.3 Å². The van der Waals surface area contributed by atoms with E-state index in [1.165, 1.54) is 43.8 Å². The molecule has 0 aliphatic carbocycles. The first-order valence-electron chi connectivity index (χ1n) is 7.68. The van der Waals surface area contributed by atoms with Crippen LogP contribution in [0.25, 0.3) is 6.08 Å². The zero-order valence-corrected chi connectivity index (χ0v) is 14.3. The molecular weight excluding hydrogens is 336 g/mol. The number of rotatable bonds is 6. The number of pyridine rings is 1. The number of hydrogen-bond donors (Lipinski definition) is 0. The van der Waals surface area contributed by atoms with Crippen LogP contribution in [-0.4, -0.2) is 30.6 Å². The summed E-state index contributed by atoms with van der Waals surface area (Å²) in [6, 6.07) is 9.52. The average Bonchev–Trinajstić information content (AvgIpc) is 2.67. The number of carbonyl (C=O) groups excluding carboxylic acids is 2. The van der Waals surface area contributed by atoms with E-state index in [2.05, 4.69) is 4.98 Å². The summed E-state index contributed by atoms with van der Waals surface area (Å²) < 4.78 is 15.4. The van der Waals surface area contributed by atoms with Gasteiger partial charge in [-0.2, -0.15) is 5.26 Å². The van der Waals surface area contributed by atoms with Gasteiger partial charge < -0.3 is 14.2 Å². The van der Waals surface area contributed by atoms with Crippen molar-refractivity contribution < 1.29 is 23.8 Å². The molecule has 0 N–H and O–H groups in total. The molecule has 7 heteroatoms. The molecule has 0 saturated carbocycles. The zero-order valence-electron chi connectivity index (χ0n) is 14.3. The van der Waals surface area contributed by atoms with Crippen LogP contribution in [0.1, 0.15) is 22.8 Å². The lowest BCUT2D eigenvalue weighted by atomic mass is 10.1. The van der Waals surface area contributed by atoms with Gasteiger partial charge in [-0.05, 0) is 42.8 Å². The number of esters is 2. The first-order chi connectivity index (χ1) is 12.6. The summed E-state index contributed by atoms with van der Waals surface area (Å²) in [6.45, 7) is 1.83. The molecule has 0 unspecified atom stereocenters. The third-order valence-corrected chi connectivity index (χ3v) is 3.23. The normalized spacial score (nSPS) is 10.6. The van der Waals surface area contributed by atoms with Gasteiger partial charge >= 0.3 is 11.9 Å². The van der Waals surface area contributed by atoms with Crippen molar-refractivity contribution in [3.05, 3.63) is 59.4 Å². The summed E-state index contributed by atoms with van der Waals surface area (Å²) in [4.78, 5) is 27.7. The number of methoxy groups -OCH3 is 1. The van der Waals surface area contributed by atoms with Crippen LogP contribution in [0.3, 0.4) is 0 Å². The van der Waals surface area contributed by atoms with Crippen LogP contribution in [0.5, 0.6) is 11.5 Å². The van der Waals surface area contributed by atoms with Gasteiger partial charge in [-0.3, -0.25) is 4.98 Å². The van der Waals surface area contributed by atoms with Crippen molar-refractivity contribution >= 4 is 18.0 Å². The van der Waals surface area contributed by atoms with Gasteiger partial charge in [0.2, 0.25) is 0 Å². The highest BCUT2D eigenvalue weighted by molar-refractivity contribution is 5.98. The lowest BCUT2D eigenvalue weighted by Crippen LogP contribution is -2.09. The predicted octanol–water partition coefficient (Wildman–Crippen LogP) is 2.78. The summed E-state index contributed by atoms with van der Waals surface area (Å²) in [5.74, 6) is -0.774. The van der Waals surface area contributed by atoms with Gasteiger partial charge in [-0.25, -0.2) is 9.59 Å². The highest BCUT2D eigenvalue weighted by atomic mass is 16.6. The van der Waals surface area contributed by atoms with Crippen molar-refractivity contribution in [1.82, 2.24) is 4.98 Å². The molecule has 0 aliphatic rings. The number of hydrogen-bond acceptors (Lipinski definition) is 7. The first-order valence-corrected chi connectivity index (χ1v) is 7.68. The van der Waals surface area contributed by atoms with Gasteiger partial charge in [0.1, 0.15) is 11.6 Å². The summed E-state index contributed by atoms with van der Waals surface area (Å²) in [7, 11) is 1.42. The second-order valence-corrected chi connectivity index (χ2v) is 4.93. The molecule has 2 aromatic rings. The van der Waals surface area contributed by atoms with Gasteiger partial charge in [-0.1, -0.05) is 6.07 Å². The van der Waals surface area contributed by atoms with Gasteiger partial charge in [0.25, 0.3) is 0 Å². The van der Waals surface area contributed by atoms with Crippen molar-refractivity contribution in [2.75, 3.05) is 13.7 Å². The molecule has 0 fully saturated rings. The second kappa shape index (κ2) is 8.99. The number of aromatic nitrogens is 1. The highest BCUT2D eigenvalue weighted by Crippen LogP contribution is 2.29. The molecular formula is C19H16N2O5.